The Balaban J connectivity index is 1.63. The monoisotopic (exact) mass is 363 g/mol. The molecule has 140 valence electrons. The van der Waals surface area contributed by atoms with Gasteiger partial charge in [0.25, 0.3) is 5.91 Å². The molecule has 3 aromatic rings. The van der Waals surface area contributed by atoms with Gasteiger partial charge < -0.3 is 14.6 Å². The predicted molar refractivity (Wildman–Crippen MR) is 106 cm³/mol. The van der Waals surface area contributed by atoms with Gasteiger partial charge in [0.15, 0.2) is 0 Å². The number of rotatable bonds is 9. The molecule has 5 heteroatoms. The Morgan fingerprint density at radius 1 is 1.11 bits per heavy atom. The number of ether oxygens (including phenoxy) is 1. The topological polar surface area (TPSA) is 56.1 Å². The number of pyridine rings is 1. The molecule has 0 aliphatic heterocycles. The number of unbranched alkanes of at least 4 members (excludes halogenated alkanes) is 1. The number of amides is 1. The first-order valence-corrected chi connectivity index (χ1v) is 9.32. The summed E-state index contributed by atoms with van der Waals surface area (Å²) in [6.45, 7) is 3.79. The summed E-state index contributed by atoms with van der Waals surface area (Å²) in [5, 5.41) is 2.98. The van der Waals surface area contributed by atoms with Gasteiger partial charge in [-0.25, -0.2) is 4.98 Å². The third kappa shape index (κ3) is 5.20. The molecule has 0 aliphatic carbocycles. The van der Waals surface area contributed by atoms with Gasteiger partial charge in [-0.1, -0.05) is 49.7 Å². The largest absolute Gasteiger partial charge is 0.477 e. The van der Waals surface area contributed by atoms with Crippen molar-refractivity contribution in [3.05, 3.63) is 83.8 Å². The fourth-order valence-corrected chi connectivity index (χ4v) is 2.81. The molecule has 0 saturated heterocycles. The van der Waals surface area contributed by atoms with Crippen molar-refractivity contribution in [2.45, 2.75) is 32.9 Å². The van der Waals surface area contributed by atoms with Crippen LogP contribution in [-0.2, 0) is 13.1 Å². The van der Waals surface area contributed by atoms with Gasteiger partial charge in [0.2, 0.25) is 5.88 Å². The van der Waals surface area contributed by atoms with Crippen molar-refractivity contribution in [2.24, 2.45) is 0 Å². The minimum Gasteiger partial charge on any atom is -0.477 e. The third-order valence-electron chi connectivity index (χ3n) is 4.28. The molecule has 1 aromatic carbocycles. The molecule has 0 spiro atoms. The van der Waals surface area contributed by atoms with E-state index in [1.165, 1.54) is 0 Å². The Bertz CT molecular complexity index is 859. The predicted octanol–water partition coefficient (Wildman–Crippen LogP) is 4.04. The average Bonchev–Trinajstić information content (AvgIpc) is 3.16. The van der Waals surface area contributed by atoms with E-state index >= 15 is 0 Å². The minimum absolute atomic E-state index is 0.112. The average molecular weight is 363 g/mol. The summed E-state index contributed by atoms with van der Waals surface area (Å²) in [6, 6.07) is 17.6. The summed E-state index contributed by atoms with van der Waals surface area (Å²) in [5.74, 6) is 0.477. The van der Waals surface area contributed by atoms with E-state index in [0.29, 0.717) is 31.3 Å². The summed E-state index contributed by atoms with van der Waals surface area (Å²) in [7, 11) is 0. The van der Waals surface area contributed by atoms with Gasteiger partial charge in [-0.3, -0.25) is 4.79 Å². The highest BCUT2D eigenvalue weighted by atomic mass is 16.5. The van der Waals surface area contributed by atoms with Gasteiger partial charge in [-0.05, 0) is 30.2 Å². The number of carbonyl (C=O) groups is 1. The Morgan fingerprint density at radius 2 is 1.96 bits per heavy atom. The lowest BCUT2D eigenvalue weighted by Crippen LogP contribution is -2.26. The Morgan fingerprint density at radius 3 is 2.78 bits per heavy atom. The minimum atomic E-state index is -0.112. The highest BCUT2D eigenvalue weighted by Gasteiger charge is 2.12. The van der Waals surface area contributed by atoms with Gasteiger partial charge in [0.05, 0.1) is 6.61 Å². The summed E-state index contributed by atoms with van der Waals surface area (Å²) in [4.78, 5) is 17.0. The molecule has 1 N–H and O–H groups in total. The van der Waals surface area contributed by atoms with Gasteiger partial charge in [0.1, 0.15) is 5.69 Å². The lowest BCUT2D eigenvalue weighted by molar-refractivity contribution is 0.0941. The van der Waals surface area contributed by atoms with Crippen molar-refractivity contribution >= 4 is 5.91 Å². The molecule has 3 rings (SSSR count). The summed E-state index contributed by atoms with van der Waals surface area (Å²) >= 11 is 0. The van der Waals surface area contributed by atoms with Crippen LogP contribution in [0.3, 0.4) is 0 Å². The molecule has 2 aromatic heterocycles. The second-order valence-electron chi connectivity index (χ2n) is 6.36. The standard InChI is InChI=1S/C22H25N3O2/c1-2-3-15-27-22-19(11-7-13-23-22)16-24-21(26)20-12-8-14-25(20)17-18-9-5-4-6-10-18/h4-14H,2-3,15-17H2,1H3,(H,24,26). The quantitative estimate of drug-likeness (QED) is 0.584. The molecule has 0 aliphatic rings. The molecule has 1 amide bonds. The van der Waals surface area contributed by atoms with E-state index in [2.05, 4.69) is 29.4 Å². The van der Waals surface area contributed by atoms with Crippen LogP contribution in [0.1, 0.15) is 41.4 Å². The van der Waals surface area contributed by atoms with E-state index in [1.807, 2.05) is 53.2 Å². The number of aromatic nitrogens is 2. The van der Waals surface area contributed by atoms with Crippen LogP contribution in [0.15, 0.2) is 67.0 Å². The summed E-state index contributed by atoms with van der Waals surface area (Å²) in [5.41, 5.74) is 2.67. The number of hydrogen-bond acceptors (Lipinski definition) is 3. The molecular weight excluding hydrogens is 338 g/mol. The molecule has 0 bridgehead atoms. The lowest BCUT2D eigenvalue weighted by Gasteiger charge is -2.12. The molecule has 2 heterocycles. The van der Waals surface area contributed by atoms with Crippen LogP contribution in [-0.4, -0.2) is 22.1 Å². The zero-order valence-electron chi connectivity index (χ0n) is 15.6. The van der Waals surface area contributed by atoms with Gasteiger partial charge >= 0.3 is 0 Å². The zero-order chi connectivity index (χ0) is 18.9. The Kier molecular flexibility index (Phi) is 6.63. The molecule has 0 radical (unpaired) electrons. The van der Waals surface area contributed by atoms with Crippen LogP contribution in [0.25, 0.3) is 0 Å². The SMILES string of the molecule is CCCCOc1ncccc1CNC(=O)c1cccn1Cc1ccccc1. The van der Waals surface area contributed by atoms with E-state index < -0.39 is 0 Å². The van der Waals surface area contributed by atoms with Crippen molar-refractivity contribution in [2.75, 3.05) is 6.61 Å². The molecule has 0 atom stereocenters. The van der Waals surface area contributed by atoms with E-state index in [9.17, 15) is 4.79 Å². The maximum absolute atomic E-state index is 12.7. The fraction of sp³-hybridized carbons (Fsp3) is 0.273. The highest BCUT2D eigenvalue weighted by Crippen LogP contribution is 2.15. The highest BCUT2D eigenvalue weighted by molar-refractivity contribution is 5.92. The number of nitrogens with one attached hydrogen (secondary N) is 1. The van der Waals surface area contributed by atoms with Crippen LogP contribution >= 0.6 is 0 Å². The van der Waals surface area contributed by atoms with Crippen molar-refractivity contribution in [3.63, 3.8) is 0 Å². The maximum Gasteiger partial charge on any atom is 0.268 e. The first kappa shape index (κ1) is 18.7. The number of carbonyl (C=O) groups excluding carboxylic acids is 1. The van der Waals surface area contributed by atoms with Crippen LogP contribution in [0.2, 0.25) is 0 Å². The molecule has 0 fully saturated rings. The van der Waals surface area contributed by atoms with Crippen LogP contribution in [0.4, 0.5) is 0 Å². The molecule has 27 heavy (non-hydrogen) atoms. The third-order valence-corrected chi connectivity index (χ3v) is 4.28. The van der Waals surface area contributed by atoms with Gasteiger partial charge in [-0.15, -0.1) is 0 Å². The lowest BCUT2D eigenvalue weighted by atomic mass is 10.2. The molecule has 0 saturated carbocycles. The van der Waals surface area contributed by atoms with Crippen LogP contribution in [0, 0.1) is 0 Å². The Hall–Kier alpha value is -3.08. The first-order chi connectivity index (χ1) is 13.3. The number of nitrogens with zero attached hydrogens (tertiary/aromatic N) is 2. The summed E-state index contributed by atoms with van der Waals surface area (Å²) in [6.07, 6.45) is 5.68. The molecule has 0 unspecified atom stereocenters. The second-order valence-corrected chi connectivity index (χ2v) is 6.36. The van der Waals surface area contributed by atoms with E-state index in [0.717, 1.165) is 24.0 Å². The van der Waals surface area contributed by atoms with Crippen molar-refractivity contribution in [1.82, 2.24) is 14.9 Å². The normalized spacial score (nSPS) is 10.6. The zero-order valence-corrected chi connectivity index (χ0v) is 15.6. The van der Waals surface area contributed by atoms with E-state index in [4.69, 9.17) is 4.74 Å². The molecule has 5 nitrogen and oxygen atoms in total. The molecular formula is C22H25N3O2. The van der Waals surface area contributed by atoms with Gasteiger partial charge in [-0.2, -0.15) is 0 Å². The number of hydrogen-bond donors (Lipinski definition) is 1. The Labute approximate surface area is 160 Å². The van der Waals surface area contributed by atoms with Crippen LogP contribution in [0.5, 0.6) is 5.88 Å². The van der Waals surface area contributed by atoms with Crippen molar-refractivity contribution < 1.29 is 9.53 Å². The fourth-order valence-electron chi connectivity index (χ4n) is 2.81. The maximum atomic E-state index is 12.7. The van der Waals surface area contributed by atoms with E-state index in [1.54, 1.807) is 6.20 Å². The smallest absolute Gasteiger partial charge is 0.268 e. The van der Waals surface area contributed by atoms with Crippen molar-refractivity contribution in [3.8, 4) is 5.88 Å². The van der Waals surface area contributed by atoms with E-state index in [-0.39, 0.29) is 5.91 Å². The number of benzene rings is 1. The van der Waals surface area contributed by atoms with Gasteiger partial charge in [0, 0.05) is 31.0 Å². The second kappa shape index (κ2) is 9.57. The van der Waals surface area contributed by atoms with Crippen LogP contribution < -0.4 is 10.1 Å². The van der Waals surface area contributed by atoms with Crippen molar-refractivity contribution in [1.29, 1.82) is 0 Å². The first-order valence-electron chi connectivity index (χ1n) is 9.32. The summed E-state index contributed by atoms with van der Waals surface area (Å²) < 4.78 is 7.69.